The number of halogens is 2. The van der Waals surface area contributed by atoms with E-state index >= 15 is 0 Å². The van der Waals surface area contributed by atoms with Gasteiger partial charge in [0.05, 0.1) is 41.3 Å². The van der Waals surface area contributed by atoms with Crippen LogP contribution in [0.15, 0.2) is 54.9 Å². The van der Waals surface area contributed by atoms with Crippen molar-refractivity contribution in [2.75, 3.05) is 66.6 Å². The van der Waals surface area contributed by atoms with Crippen LogP contribution in [0.5, 0.6) is 11.6 Å². The highest BCUT2D eigenvalue weighted by molar-refractivity contribution is 6.39. The largest absolute Gasteiger partial charge is 0.495 e. The Morgan fingerprint density at radius 2 is 1.37 bits per heavy atom. The number of ether oxygens (including phenoxy) is 2. The van der Waals surface area contributed by atoms with Crippen LogP contribution in [-0.4, -0.2) is 113 Å². The number of rotatable bonds is 9. The van der Waals surface area contributed by atoms with Gasteiger partial charge in [0.1, 0.15) is 5.75 Å². The maximum Gasteiger partial charge on any atom is 0.219 e. The number of hydrogen-bond donors (Lipinski definition) is 0. The molecule has 270 valence electrons. The van der Waals surface area contributed by atoms with Gasteiger partial charge in [0.2, 0.25) is 17.7 Å². The molecule has 4 aliphatic rings. The van der Waals surface area contributed by atoms with Gasteiger partial charge in [-0.3, -0.25) is 29.4 Å². The molecule has 7 heterocycles. The van der Waals surface area contributed by atoms with Gasteiger partial charge in [-0.25, -0.2) is 4.98 Å². The molecule has 13 heteroatoms. The smallest absolute Gasteiger partial charge is 0.219 e. The van der Waals surface area contributed by atoms with Crippen molar-refractivity contribution in [3.8, 4) is 45.3 Å². The minimum Gasteiger partial charge on any atom is -0.495 e. The van der Waals surface area contributed by atoms with Gasteiger partial charge < -0.3 is 19.3 Å². The van der Waals surface area contributed by atoms with Gasteiger partial charge in [0.15, 0.2) is 0 Å². The van der Waals surface area contributed by atoms with Gasteiger partial charge in [-0.15, -0.1) is 0 Å². The van der Waals surface area contributed by atoms with Gasteiger partial charge in [-0.05, 0) is 18.2 Å². The first-order valence-electron chi connectivity index (χ1n) is 17.5. The maximum atomic E-state index is 11.6. The molecule has 1 aromatic carbocycles. The second-order valence-electron chi connectivity index (χ2n) is 15.0. The predicted octanol–water partition coefficient (Wildman–Crippen LogP) is 5.52. The minimum absolute atomic E-state index is 0.141. The van der Waals surface area contributed by atoms with Crippen LogP contribution in [0.2, 0.25) is 10.0 Å². The number of benzene rings is 1. The topological polar surface area (TPSA) is 104 Å². The normalized spacial score (nSPS) is 18.7. The Kier molecular flexibility index (Phi) is 8.89. The lowest BCUT2D eigenvalue weighted by Gasteiger charge is -2.60. The lowest BCUT2D eigenvalue weighted by atomic mass is 9.72. The quantitative estimate of drug-likeness (QED) is 0.219. The summed E-state index contributed by atoms with van der Waals surface area (Å²) in [5.41, 5.74) is 6.56. The maximum absolute atomic E-state index is 11.6. The van der Waals surface area contributed by atoms with Crippen LogP contribution in [-0.2, 0) is 22.7 Å². The summed E-state index contributed by atoms with van der Waals surface area (Å²) >= 11 is 14.2. The zero-order chi connectivity index (χ0) is 36.4. The Hall–Kier alpha value is -4.29. The molecule has 0 saturated carbocycles. The molecular weight excluding hydrogens is 701 g/mol. The van der Waals surface area contributed by atoms with Gasteiger partial charge >= 0.3 is 0 Å². The molecule has 4 saturated heterocycles. The number of aromatic nitrogens is 3. The van der Waals surface area contributed by atoms with Crippen molar-refractivity contribution in [2.24, 2.45) is 10.8 Å². The van der Waals surface area contributed by atoms with Gasteiger partial charge in [0, 0.05) is 130 Å². The second-order valence-corrected chi connectivity index (χ2v) is 15.7. The molecule has 0 bridgehead atoms. The number of hydrogen-bond acceptors (Lipinski definition) is 9. The van der Waals surface area contributed by atoms with Crippen molar-refractivity contribution in [3.63, 3.8) is 0 Å². The Morgan fingerprint density at radius 1 is 0.750 bits per heavy atom. The summed E-state index contributed by atoms with van der Waals surface area (Å²) in [4.78, 5) is 46.1. The minimum atomic E-state index is 0.141. The van der Waals surface area contributed by atoms with Crippen molar-refractivity contribution < 1.29 is 19.1 Å². The Bertz CT molecular complexity index is 1920. The molecule has 52 heavy (non-hydrogen) atoms. The van der Waals surface area contributed by atoms with Crippen LogP contribution >= 0.6 is 23.2 Å². The Balaban J connectivity index is 0.982. The van der Waals surface area contributed by atoms with Crippen molar-refractivity contribution in [1.82, 2.24) is 34.6 Å². The molecular formula is C39H41Cl2N7O4. The summed E-state index contributed by atoms with van der Waals surface area (Å²) in [5.74, 6) is 1.52. The van der Waals surface area contributed by atoms with Crippen molar-refractivity contribution in [1.29, 1.82) is 0 Å². The molecule has 3 aromatic heterocycles. The summed E-state index contributed by atoms with van der Waals surface area (Å²) in [6.07, 6.45) is 3.51. The number of amides is 2. The molecule has 4 fully saturated rings. The van der Waals surface area contributed by atoms with E-state index in [0.717, 1.165) is 92.4 Å². The first-order chi connectivity index (χ1) is 25.0. The summed E-state index contributed by atoms with van der Waals surface area (Å²) in [5, 5.41) is 0.971. The summed E-state index contributed by atoms with van der Waals surface area (Å²) < 4.78 is 11.5. The summed E-state index contributed by atoms with van der Waals surface area (Å²) in [6, 6.07) is 13.6. The molecule has 4 aliphatic heterocycles. The first-order valence-corrected chi connectivity index (χ1v) is 18.2. The number of nitrogens with zero attached hydrogens (tertiary/aromatic N) is 7. The fourth-order valence-electron chi connectivity index (χ4n) is 8.46. The van der Waals surface area contributed by atoms with Gasteiger partial charge in [0.25, 0.3) is 0 Å². The van der Waals surface area contributed by atoms with Gasteiger partial charge in [-0.2, -0.15) is 0 Å². The number of carbonyl (C=O) groups is 2. The molecule has 0 atom stereocenters. The van der Waals surface area contributed by atoms with Crippen molar-refractivity contribution in [3.05, 3.63) is 76.2 Å². The molecule has 11 nitrogen and oxygen atoms in total. The molecule has 4 aromatic rings. The fourth-order valence-corrected chi connectivity index (χ4v) is 9.11. The average molecular weight is 743 g/mol. The Morgan fingerprint density at radius 3 is 1.98 bits per heavy atom. The first kappa shape index (κ1) is 34.8. The van der Waals surface area contributed by atoms with E-state index in [-0.39, 0.29) is 22.6 Å². The number of likely N-dealkylation sites (tertiary alicyclic amines) is 4. The fraction of sp³-hybridized carbons (Fsp3) is 0.410. The molecule has 8 rings (SSSR count). The third-order valence-corrected chi connectivity index (χ3v) is 11.8. The molecule has 2 spiro atoms. The van der Waals surface area contributed by atoms with Gasteiger partial charge in [-0.1, -0.05) is 47.5 Å². The van der Waals surface area contributed by atoms with E-state index in [9.17, 15) is 9.59 Å². The van der Waals surface area contributed by atoms with Crippen LogP contribution in [0, 0.1) is 10.8 Å². The number of pyridine rings is 3. The average Bonchev–Trinajstić information content (AvgIpc) is 3.06. The second kappa shape index (κ2) is 13.3. The zero-order valence-corrected chi connectivity index (χ0v) is 31.3. The predicted molar refractivity (Wildman–Crippen MR) is 199 cm³/mol. The van der Waals surface area contributed by atoms with Crippen LogP contribution in [0.4, 0.5) is 0 Å². The van der Waals surface area contributed by atoms with Crippen LogP contribution in [0.25, 0.3) is 33.6 Å². The summed E-state index contributed by atoms with van der Waals surface area (Å²) in [6.45, 7) is 11.8. The third-order valence-electron chi connectivity index (χ3n) is 11.0. The lowest BCUT2D eigenvalue weighted by molar-refractivity contribution is -0.158. The number of carbonyl (C=O) groups excluding carboxylic acids is 2. The van der Waals surface area contributed by atoms with E-state index < -0.39 is 0 Å². The number of methoxy groups -OCH3 is 2. The monoisotopic (exact) mass is 741 g/mol. The molecule has 0 unspecified atom stereocenters. The van der Waals surface area contributed by atoms with Crippen LogP contribution < -0.4 is 9.47 Å². The molecule has 0 aliphatic carbocycles. The van der Waals surface area contributed by atoms with Crippen molar-refractivity contribution in [2.45, 2.75) is 26.9 Å². The van der Waals surface area contributed by atoms with Crippen molar-refractivity contribution >= 4 is 35.0 Å². The van der Waals surface area contributed by atoms with E-state index in [1.807, 2.05) is 46.2 Å². The van der Waals surface area contributed by atoms with E-state index in [2.05, 4.69) is 20.9 Å². The van der Waals surface area contributed by atoms with Crippen LogP contribution in [0.3, 0.4) is 0 Å². The Labute approximate surface area is 313 Å². The highest BCUT2D eigenvalue weighted by atomic mass is 35.5. The summed E-state index contributed by atoms with van der Waals surface area (Å²) in [7, 11) is 3.28. The highest BCUT2D eigenvalue weighted by Gasteiger charge is 2.53. The van der Waals surface area contributed by atoms with E-state index in [1.54, 1.807) is 40.5 Å². The standard InChI is InChI=1S/C39H41Cl2N7O4/c1-24(49)47-20-38(21-47)16-45(17-38)14-26-8-9-31(44-37(26)52-4)30-7-5-6-28(34(30)40)29-10-11-42-36(35(29)41)27-12-33(51-3)32(43-13-27)15-46-18-39(19-46)22-48(23-39)25(2)50/h5-13H,14-23H2,1-4H3. The SMILES string of the molecule is COc1cc(-c2nccc(-c3cccc(-c4ccc(CN5CC6(C5)CN(C(C)=O)C6)c(OC)n4)c3Cl)c2Cl)cnc1CN1CC2(C1)CN(C(C)=O)C2. The lowest BCUT2D eigenvalue weighted by Crippen LogP contribution is -2.72. The molecule has 2 amide bonds. The third kappa shape index (κ3) is 6.17. The van der Waals surface area contributed by atoms with E-state index in [4.69, 9.17) is 42.6 Å². The van der Waals surface area contributed by atoms with Crippen LogP contribution in [0.1, 0.15) is 25.1 Å². The molecule has 0 N–H and O–H groups in total. The highest BCUT2D eigenvalue weighted by Crippen LogP contribution is 2.44. The van der Waals surface area contributed by atoms with E-state index in [0.29, 0.717) is 39.6 Å². The molecule has 0 radical (unpaired) electrons. The van der Waals surface area contributed by atoms with E-state index in [1.165, 1.54) is 0 Å². The zero-order valence-electron chi connectivity index (χ0n) is 29.8.